The van der Waals surface area contributed by atoms with Crippen molar-refractivity contribution >= 4 is 16.6 Å². The maximum absolute atomic E-state index is 12.3. The van der Waals surface area contributed by atoms with E-state index in [0.29, 0.717) is 17.3 Å². The fourth-order valence-corrected chi connectivity index (χ4v) is 2.79. The van der Waals surface area contributed by atoms with Gasteiger partial charge in [0.05, 0.1) is 24.0 Å². The van der Waals surface area contributed by atoms with Crippen molar-refractivity contribution in [3.8, 4) is 5.75 Å². The average Bonchev–Trinajstić information content (AvgIpc) is 3.05. The highest BCUT2D eigenvalue weighted by Crippen LogP contribution is 2.26. The van der Waals surface area contributed by atoms with Crippen molar-refractivity contribution in [2.75, 3.05) is 12.9 Å². The fourth-order valence-electron chi connectivity index (χ4n) is 2.18. The number of hydrogen-bond donors (Lipinski definition) is 0. The molecule has 7 heteroatoms. The molecule has 0 amide bonds. The number of hydrogen-bond acceptors (Lipinski definition) is 5. The summed E-state index contributed by atoms with van der Waals surface area (Å²) in [7, 11) is -1.26. The van der Waals surface area contributed by atoms with Crippen molar-refractivity contribution in [3.63, 3.8) is 0 Å². The minimum atomic E-state index is -1.26. The van der Waals surface area contributed by atoms with Crippen molar-refractivity contribution in [1.29, 1.82) is 0 Å². The van der Waals surface area contributed by atoms with Gasteiger partial charge in [0.15, 0.2) is 5.78 Å². The number of Topliss-reactive ketones (excluding diaryl/α,β-unsaturated/α-hetero) is 1. The number of carbonyl (C=O) groups is 1. The van der Waals surface area contributed by atoms with Gasteiger partial charge < -0.3 is 4.74 Å². The van der Waals surface area contributed by atoms with Gasteiger partial charge in [0.1, 0.15) is 12.1 Å². The Labute approximate surface area is 118 Å². The number of benzene rings is 1. The number of aromatic nitrogens is 3. The van der Waals surface area contributed by atoms with Gasteiger partial charge in [-0.05, 0) is 23.8 Å². The highest BCUT2D eigenvalue weighted by Gasteiger charge is 2.17. The predicted octanol–water partition coefficient (Wildman–Crippen LogP) is 0.833. The summed E-state index contributed by atoms with van der Waals surface area (Å²) in [5.74, 6) is 0.785. The van der Waals surface area contributed by atoms with E-state index in [4.69, 9.17) is 4.74 Å². The third-order valence-corrected chi connectivity index (χ3v) is 3.99. The SMILES string of the molecule is C[S@](=O)c1nncn1CC(=O)c1ccc2c(c1)CCO2. The van der Waals surface area contributed by atoms with E-state index in [0.717, 1.165) is 17.7 Å². The van der Waals surface area contributed by atoms with Crippen LogP contribution in [0, 0.1) is 0 Å². The molecule has 0 bridgehead atoms. The van der Waals surface area contributed by atoms with E-state index in [9.17, 15) is 9.00 Å². The van der Waals surface area contributed by atoms with Gasteiger partial charge in [-0.2, -0.15) is 0 Å². The van der Waals surface area contributed by atoms with E-state index < -0.39 is 10.8 Å². The maximum atomic E-state index is 12.3. The lowest BCUT2D eigenvalue weighted by atomic mass is 10.1. The van der Waals surface area contributed by atoms with E-state index in [2.05, 4.69) is 10.2 Å². The molecular formula is C13H13N3O3S. The molecule has 2 aromatic rings. The summed E-state index contributed by atoms with van der Waals surface area (Å²) in [6.07, 6.45) is 3.76. The molecule has 0 saturated heterocycles. The van der Waals surface area contributed by atoms with Gasteiger partial charge in [-0.1, -0.05) is 0 Å². The second-order valence-corrected chi connectivity index (χ2v) is 5.81. The number of nitrogens with zero attached hydrogens (tertiary/aromatic N) is 3. The summed E-state index contributed by atoms with van der Waals surface area (Å²) >= 11 is 0. The molecule has 0 unspecified atom stereocenters. The molecule has 0 saturated carbocycles. The van der Waals surface area contributed by atoms with Gasteiger partial charge in [-0.25, -0.2) is 0 Å². The lowest BCUT2D eigenvalue weighted by Gasteiger charge is -2.05. The van der Waals surface area contributed by atoms with Crippen LogP contribution in [0.4, 0.5) is 0 Å². The summed E-state index contributed by atoms with van der Waals surface area (Å²) in [5, 5.41) is 7.76. The van der Waals surface area contributed by atoms with Gasteiger partial charge in [0.25, 0.3) is 0 Å². The van der Waals surface area contributed by atoms with Crippen LogP contribution in [-0.2, 0) is 23.8 Å². The Kier molecular flexibility index (Phi) is 3.35. The second-order valence-electron chi connectivity index (χ2n) is 4.54. The van der Waals surface area contributed by atoms with Crippen molar-refractivity contribution < 1.29 is 13.7 Å². The number of carbonyl (C=O) groups excluding carboxylic acids is 1. The molecule has 1 aliphatic rings. The number of ether oxygens (including phenoxy) is 1. The van der Waals surface area contributed by atoms with Crippen LogP contribution >= 0.6 is 0 Å². The zero-order valence-electron chi connectivity index (χ0n) is 10.9. The fraction of sp³-hybridized carbons (Fsp3) is 0.308. The summed E-state index contributed by atoms with van der Waals surface area (Å²) in [5.41, 5.74) is 1.68. The highest BCUT2D eigenvalue weighted by atomic mass is 32.2. The summed E-state index contributed by atoms with van der Waals surface area (Å²) in [6, 6.07) is 5.43. The average molecular weight is 291 g/mol. The quantitative estimate of drug-likeness (QED) is 0.780. The molecule has 0 N–H and O–H groups in total. The van der Waals surface area contributed by atoms with E-state index in [1.54, 1.807) is 6.07 Å². The highest BCUT2D eigenvalue weighted by molar-refractivity contribution is 7.84. The molecule has 1 aliphatic heterocycles. The van der Waals surface area contributed by atoms with Crippen LogP contribution < -0.4 is 4.74 Å². The van der Waals surface area contributed by atoms with Crippen LogP contribution in [0.1, 0.15) is 15.9 Å². The Morgan fingerprint density at radius 2 is 2.35 bits per heavy atom. The van der Waals surface area contributed by atoms with Crippen molar-refractivity contribution in [2.24, 2.45) is 0 Å². The molecule has 1 aromatic carbocycles. The van der Waals surface area contributed by atoms with Crippen LogP contribution in [0.5, 0.6) is 5.75 Å². The van der Waals surface area contributed by atoms with Crippen LogP contribution in [0.3, 0.4) is 0 Å². The van der Waals surface area contributed by atoms with Crippen LogP contribution in [-0.4, -0.2) is 37.6 Å². The molecule has 0 fully saturated rings. The van der Waals surface area contributed by atoms with Gasteiger partial charge in [0.2, 0.25) is 5.16 Å². The largest absolute Gasteiger partial charge is 0.493 e. The first-order valence-electron chi connectivity index (χ1n) is 6.15. The van der Waals surface area contributed by atoms with E-state index in [-0.39, 0.29) is 12.3 Å². The molecule has 0 radical (unpaired) electrons. The lowest BCUT2D eigenvalue weighted by molar-refractivity contribution is 0.0969. The van der Waals surface area contributed by atoms with Crippen LogP contribution in [0.2, 0.25) is 0 Å². The first-order valence-corrected chi connectivity index (χ1v) is 7.71. The Bertz CT molecular complexity index is 696. The molecule has 2 heterocycles. The lowest BCUT2D eigenvalue weighted by Crippen LogP contribution is -2.13. The number of fused-ring (bicyclic) bond motifs is 1. The van der Waals surface area contributed by atoms with Crippen molar-refractivity contribution in [2.45, 2.75) is 18.1 Å². The smallest absolute Gasteiger partial charge is 0.221 e. The molecule has 1 aromatic heterocycles. The van der Waals surface area contributed by atoms with E-state index >= 15 is 0 Å². The molecule has 20 heavy (non-hydrogen) atoms. The molecule has 1 atom stereocenters. The topological polar surface area (TPSA) is 74.1 Å². The first kappa shape index (κ1) is 13.0. The molecule has 104 valence electrons. The van der Waals surface area contributed by atoms with Gasteiger partial charge in [-0.15, -0.1) is 10.2 Å². The Morgan fingerprint density at radius 3 is 3.15 bits per heavy atom. The summed E-state index contributed by atoms with van der Waals surface area (Å²) < 4.78 is 18.4. The maximum Gasteiger partial charge on any atom is 0.221 e. The Balaban J connectivity index is 1.83. The minimum Gasteiger partial charge on any atom is -0.493 e. The monoisotopic (exact) mass is 291 g/mol. The van der Waals surface area contributed by atoms with Crippen LogP contribution in [0.25, 0.3) is 0 Å². The minimum absolute atomic E-state index is 0.0637. The normalized spacial score (nSPS) is 14.7. The molecular weight excluding hydrogens is 278 g/mol. The molecule has 0 spiro atoms. The van der Waals surface area contributed by atoms with E-state index in [1.165, 1.54) is 17.2 Å². The van der Waals surface area contributed by atoms with Crippen molar-refractivity contribution in [1.82, 2.24) is 14.8 Å². The third kappa shape index (κ3) is 2.36. The molecule has 3 rings (SSSR count). The second kappa shape index (κ2) is 5.16. The van der Waals surface area contributed by atoms with E-state index in [1.807, 2.05) is 12.1 Å². The third-order valence-electron chi connectivity index (χ3n) is 3.16. The zero-order chi connectivity index (χ0) is 14.1. The van der Waals surface area contributed by atoms with Gasteiger partial charge in [-0.3, -0.25) is 13.6 Å². The van der Waals surface area contributed by atoms with Crippen molar-refractivity contribution in [3.05, 3.63) is 35.7 Å². The standard InChI is InChI=1S/C13H13N3O3S/c1-20(18)13-15-14-8-16(13)7-11(17)9-2-3-12-10(6-9)4-5-19-12/h2-3,6,8H,4-5,7H2,1H3/t20-/m0/s1. The van der Waals surface area contributed by atoms with Crippen LogP contribution in [0.15, 0.2) is 29.7 Å². The Hall–Kier alpha value is -2.02. The van der Waals surface area contributed by atoms with Gasteiger partial charge >= 0.3 is 0 Å². The zero-order valence-corrected chi connectivity index (χ0v) is 11.7. The summed E-state index contributed by atoms with van der Waals surface area (Å²) in [6.45, 7) is 0.749. The molecule has 6 nitrogen and oxygen atoms in total. The predicted molar refractivity (Wildman–Crippen MR) is 72.3 cm³/mol. The number of rotatable bonds is 4. The Morgan fingerprint density at radius 1 is 1.50 bits per heavy atom. The molecule has 0 aliphatic carbocycles. The number of ketones is 1. The van der Waals surface area contributed by atoms with Gasteiger partial charge in [0, 0.05) is 18.2 Å². The first-order chi connectivity index (χ1) is 9.65. The summed E-state index contributed by atoms with van der Waals surface area (Å²) in [4.78, 5) is 12.3.